The smallest absolute Gasteiger partial charge is 0.319 e. The van der Waals surface area contributed by atoms with E-state index in [9.17, 15) is 4.79 Å². The van der Waals surface area contributed by atoms with Crippen molar-refractivity contribution in [3.05, 3.63) is 28.2 Å². The minimum absolute atomic E-state index is 0. The average Bonchev–Trinajstić information content (AvgIpc) is 2.27. The fourth-order valence-electron chi connectivity index (χ4n) is 3.29. The Hall–Kier alpha value is -0.680. The van der Waals surface area contributed by atoms with Gasteiger partial charge in [0.2, 0.25) is 0 Å². The quantitative estimate of drug-likeness (QED) is 0.791. The Labute approximate surface area is 133 Å². The third-order valence-corrected chi connectivity index (χ3v) is 4.72. The Balaban J connectivity index is 0.00000147. The molecule has 2 amide bonds. The Kier molecular flexibility index (Phi) is 4.13. The summed E-state index contributed by atoms with van der Waals surface area (Å²) in [6, 6.07) is 4.76. The fourth-order valence-corrected chi connectivity index (χ4v) is 3.59. The van der Waals surface area contributed by atoms with Gasteiger partial charge in [-0.3, -0.25) is 0 Å². The molecule has 3 fully saturated rings. The number of urea groups is 1. The van der Waals surface area contributed by atoms with Crippen LogP contribution >= 0.6 is 35.6 Å². The Bertz CT molecular complexity index is 530. The van der Waals surface area contributed by atoms with Crippen molar-refractivity contribution < 1.29 is 4.79 Å². The van der Waals surface area contributed by atoms with Crippen molar-refractivity contribution in [1.82, 2.24) is 5.32 Å². The molecule has 1 aromatic rings. The minimum Gasteiger partial charge on any atom is -0.337 e. The van der Waals surface area contributed by atoms with Gasteiger partial charge in [-0.05, 0) is 42.9 Å². The number of hydrogen-bond acceptors (Lipinski definition) is 2. The van der Waals surface area contributed by atoms with Gasteiger partial charge in [-0.2, -0.15) is 0 Å². The van der Waals surface area contributed by atoms with Crippen molar-refractivity contribution in [2.45, 2.75) is 24.8 Å². The van der Waals surface area contributed by atoms with Crippen molar-refractivity contribution in [1.29, 1.82) is 0 Å². The fraction of sp³-hybridized carbons (Fsp3) is 0.462. The van der Waals surface area contributed by atoms with Gasteiger partial charge in [-0.25, -0.2) is 4.79 Å². The summed E-state index contributed by atoms with van der Waals surface area (Å²) in [7, 11) is 0. The van der Waals surface area contributed by atoms with Crippen molar-refractivity contribution in [3.63, 3.8) is 0 Å². The van der Waals surface area contributed by atoms with Crippen LogP contribution in [0.25, 0.3) is 0 Å². The molecule has 4 nitrogen and oxygen atoms in total. The zero-order valence-corrected chi connectivity index (χ0v) is 13.0. The number of carbonyl (C=O) groups excluding carboxylic acids is 1. The highest BCUT2D eigenvalue weighted by molar-refractivity contribution is 6.42. The number of nitrogens with two attached hydrogens (primary N) is 1. The first-order valence-electron chi connectivity index (χ1n) is 6.19. The minimum atomic E-state index is -0.228. The van der Waals surface area contributed by atoms with Crippen LogP contribution in [0.4, 0.5) is 10.5 Å². The molecular formula is C13H16Cl3N3O. The summed E-state index contributed by atoms with van der Waals surface area (Å²) in [6.45, 7) is 0.680. The molecule has 7 heteroatoms. The molecule has 0 heterocycles. The largest absolute Gasteiger partial charge is 0.337 e. The van der Waals surface area contributed by atoms with E-state index in [1.54, 1.807) is 18.2 Å². The number of rotatable bonds is 3. The first-order valence-corrected chi connectivity index (χ1v) is 6.94. The maximum absolute atomic E-state index is 11.8. The lowest BCUT2D eigenvalue weighted by Crippen LogP contribution is -2.74. The topological polar surface area (TPSA) is 67.1 Å². The third-order valence-electron chi connectivity index (χ3n) is 3.98. The van der Waals surface area contributed by atoms with E-state index in [2.05, 4.69) is 10.6 Å². The number of anilines is 1. The second-order valence-corrected chi connectivity index (χ2v) is 6.64. The van der Waals surface area contributed by atoms with Crippen LogP contribution in [-0.2, 0) is 0 Å². The van der Waals surface area contributed by atoms with Gasteiger partial charge in [0.05, 0.1) is 10.0 Å². The van der Waals surface area contributed by atoms with Crippen molar-refractivity contribution in [3.8, 4) is 0 Å². The normalized spacial score (nSPS) is 29.6. The summed E-state index contributed by atoms with van der Waals surface area (Å²) in [5, 5.41) is 6.50. The van der Waals surface area contributed by atoms with E-state index >= 15 is 0 Å². The van der Waals surface area contributed by atoms with E-state index in [4.69, 9.17) is 28.9 Å². The van der Waals surface area contributed by atoms with Gasteiger partial charge in [0.25, 0.3) is 0 Å². The van der Waals surface area contributed by atoms with E-state index in [-0.39, 0.29) is 29.4 Å². The zero-order chi connectivity index (χ0) is 13.7. The number of hydrogen-bond donors (Lipinski definition) is 3. The van der Waals surface area contributed by atoms with Gasteiger partial charge in [0, 0.05) is 17.8 Å². The van der Waals surface area contributed by atoms with Gasteiger partial charge in [0.1, 0.15) is 0 Å². The second kappa shape index (κ2) is 5.26. The molecule has 0 atom stereocenters. The van der Waals surface area contributed by atoms with Crippen LogP contribution in [-0.4, -0.2) is 18.1 Å². The maximum atomic E-state index is 11.8. The highest BCUT2D eigenvalue weighted by atomic mass is 35.5. The summed E-state index contributed by atoms with van der Waals surface area (Å²) < 4.78 is 0. The molecule has 1 aromatic carbocycles. The summed E-state index contributed by atoms with van der Waals surface area (Å²) >= 11 is 11.7. The monoisotopic (exact) mass is 335 g/mol. The summed E-state index contributed by atoms with van der Waals surface area (Å²) in [4.78, 5) is 11.8. The summed E-state index contributed by atoms with van der Waals surface area (Å²) in [5.41, 5.74) is 6.93. The average molecular weight is 337 g/mol. The van der Waals surface area contributed by atoms with Gasteiger partial charge in [-0.1, -0.05) is 23.2 Å². The summed E-state index contributed by atoms with van der Waals surface area (Å²) in [5.74, 6) is 0. The number of nitrogens with one attached hydrogen (secondary N) is 2. The van der Waals surface area contributed by atoms with E-state index < -0.39 is 0 Å². The highest BCUT2D eigenvalue weighted by Gasteiger charge is 2.65. The predicted octanol–water partition coefficient (Wildman–Crippen LogP) is 3.42. The third kappa shape index (κ3) is 2.84. The van der Waals surface area contributed by atoms with E-state index in [1.807, 2.05) is 0 Å². The predicted molar refractivity (Wildman–Crippen MR) is 83.9 cm³/mol. The van der Waals surface area contributed by atoms with Crippen LogP contribution in [0.2, 0.25) is 10.0 Å². The molecule has 2 bridgehead atoms. The lowest BCUT2D eigenvalue weighted by molar-refractivity contribution is -0.125. The van der Waals surface area contributed by atoms with Crippen LogP contribution in [0.5, 0.6) is 0 Å². The van der Waals surface area contributed by atoms with Crippen LogP contribution in [0.1, 0.15) is 19.3 Å². The Morgan fingerprint density at radius 1 is 1.25 bits per heavy atom. The van der Waals surface area contributed by atoms with E-state index in [0.29, 0.717) is 22.3 Å². The van der Waals surface area contributed by atoms with Gasteiger partial charge >= 0.3 is 6.03 Å². The standard InChI is InChI=1S/C13H15Cl2N3O.ClH/c14-9-2-1-8(3-10(9)15)18-11(19)17-7-12-4-13(16,5-12)6-12;/h1-3H,4-7,16H2,(H2,17,18,19);1H. The molecule has 0 aromatic heterocycles. The number of halogens is 3. The number of amides is 2. The van der Waals surface area contributed by atoms with Crippen LogP contribution in [0.3, 0.4) is 0 Å². The van der Waals surface area contributed by atoms with E-state index in [0.717, 1.165) is 19.3 Å². The molecule has 110 valence electrons. The molecule has 0 aliphatic heterocycles. The van der Waals surface area contributed by atoms with Gasteiger partial charge in [-0.15, -0.1) is 12.4 Å². The van der Waals surface area contributed by atoms with Crippen molar-refractivity contribution >= 4 is 47.3 Å². The number of carbonyl (C=O) groups is 1. The first-order chi connectivity index (χ1) is 8.90. The zero-order valence-electron chi connectivity index (χ0n) is 10.7. The Morgan fingerprint density at radius 3 is 2.45 bits per heavy atom. The highest BCUT2D eigenvalue weighted by Crippen LogP contribution is 2.65. The van der Waals surface area contributed by atoms with Crippen LogP contribution < -0.4 is 16.4 Å². The molecular weight excluding hydrogens is 321 g/mol. The molecule has 3 saturated carbocycles. The molecule has 0 unspecified atom stereocenters. The molecule has 3 aliphatic rings. The molecule has 0 spiro atoms. The first kappa shape index (κ1) is 15.7. The molecule has 3 aliphatic carbocycles. The summed E-state index contributed by atoms with van der Waals surface area (Å²) in [6.07, 6.45) is 3.06. The van der Waals surface area contributed by atoms with Crippen molar-refractivity contribution in [2.75, 3.05) is 11.9 Å². The van der Waals surface area contributed by atoms with Crippen LogP contribution in [0, 0.1) is 5.41 Å². The molecule has 0 saturated heterocycles. The van der Waals surface area contributed by atoms with Crippen molar-refractivity contribution in [2.24, 2.45) is 11.1 Å². The molecule has 0 radical (unpaired) electrons. The molecule has 4 N–H and O–H groups in total. The SMILES string of the molecule is Cl.NC12CC(CNC(=O)Nc3ccc(Cl)c(Cl)c3)(C1)C2. The maximum Gasteiger partial charge on any atom is 0.319 e. The van der Waals surface area contributed by atoms with E-state index in [1.165, 1.54) is 0 Å². The van der Waals surface area contributed by atoms with Crippen LogP contribution in [0.15, 0.2) is 18.2 Å². The molecule has 20 heavy (non-hydrogen) atoms. The lowest BCUT2D eigenvalue weighted by atomic mass is 9.40. The Morgan fingerprint density at radius 2 is 1.90 bits per heavy atom. The van der Waals surface area contributed by atoms with Gasteiger partial charge in [0.15, 0.2) is 0 Å². The number of benzene rings is 1. The van der Waals surface area contributed by atoms with Gasteiger partial charge < -0.3 is 16.4 Å². The lowest BCUT2D eigenvalue weighted by Gasteiger charge is -2.69. The molecule has 4 rings (SSSR count). The second-order valence-electron chi connectivity index (χ2n) is 5.83.